The summed E-state index contributed by atoms with van der Waals surface area (Å²) in [5, 5.41) is 22.3. The molecule has 21 heavy (non-hydrogen) atoms. The van der Waals surface area contributed by atoms with E-state index < -0.39 is 24.0 Å². The predicted molar refractivity (Wildman–Crippen MR) is 79.3 cm³/mol. The number of benzene rings is 1. The summed E-state index contributed by atoms with van der Waals surface area (Å²) in [4.78, 5) is 33.2. The standard InChI is InChI=1S/C13H15BrN2O5/c1-7-8(14)3-2-4-9(7)15-13(21)16-10(12(19)20)5-6-11(17)18/h2-4,10H,5-6H2,1H3,(H,17,18)(H,19,20)(H2,15,16,21)/t10-/m0/s1. The van der Waals surface area contributed by atoms with Gasteiger partial charge < -0.3 is 20.8 Å². The van der Waals surface area contributed by atoms with Crippen LogP contribution in [0.25, 0.3) is 0 Å². The Labute approximate surface area is 129 Å². The number of carbonyl (C=O) groups excluding carboxylic acids is 1. The lowest BCUT2D eigenvalue weighted by atomic mass is 10.1. The minimum Gasteiger partial charge on any atom is -0.481 e. The molecule has 1 atom stereocenters. The number of carbonyl (C=O) groups is 3. The lowest BCUT2D eigenvalue weighted by Gasteiger charge is -2.15. The summed E-state index contributed by atoms with van der Waals surface area (Å²) in [6.45, 7) is 1.79. The molecule has 0 bridgehead atoms. The fraction of sp³-hybridized carbons (Fsp3) is 0.308. The van der Waals surface area contributed by atoms with Crippen LogP contribution in [-0.4, -0.2) is 34.2 Å². The van der Waals surface area contributed by atoms with Gasteiger partial charge in [0.15, 0.2) is 0 Å². The van der Waals surface area contributed by atoms with E-state index in [2.05, 4.69) is 26.6 Å². The van der Waals surface area contributed by atoms with E-state index in [1.165, 1.54) is 0 Å². The van der Waals surface area contributed by atoms with Gasteiger partial charge in [-0.1, -0.05) is 22.0 Å². The van der Waals surface area contributed by atoms with Gasteiger partial charge in [0.05, 0.1) is 0 Å². The van der Waals surface area contributed by atoms with Crippen LogP contribution in [0.4, 0.5) is 10.5 Å². The highest BCUT2D eigenvalue weighted by molar-refractivity contribution is 9.10. The van der Waals surface area contributed by atoms with Gasteiger partial charge in [0, 0.05) is 16.6 Å². The second kappa shape index (κ2) is 7.63. The van der Waals surface area contributed by atoms with Gasteiger partial charge in [-0.15, -0.1) is 0 Å². The van der Waals surface area contributed by atoms with Crippen LogP contribution in [0, 0.1) is 6.92 Å². The van der Waals surface area contributed by atoms with Crippen molar-refractivity contribution >= 4 is 39.6 Å². The Morgan fingerprint density at radius 2 is 1.95 bits per heavy atom. The van der Waals surface area contributed by atoms with E-state index in [0.29, 0.717) is 5.69 Å². The number of carboxylic acid groups (broad SMARTS) is 2. The lowest BCUT2D eigenvalue weighted by molar-refractivity contribution is -0.140. The highest BCUT2D eigenvalue weighted by atomic mass is 79.9. The van der Waals surface area contributed by atoms with Crippen molar-refractivity contribution in [3.05, 3.63) is 28.2 Å². The van der Waals surface area contributed by atoms with Crippen LogP contribution >= 0.6 is 15.9 Å². The molecule has 0 aliphatic rings. The zero-order chi connectivity index (χ0) is 16.0. The second-order valence-electron chi connectivity index (χ2n) is 4.33. The van der Waals surface area contributed by atoms with Crippen molar-refractivity contribution in [2.45, 2.75) is 25.8 Å². The smallest absolute Gasteiger partial charge is 0.326 e. The topological polar surface area (TPSA) is 116 Å². The number of anilines is 1. The minimum atomic E-state index is -1.28. The van der Waals surface area contributed by atoms with E-state index in [9.17, 15) is 14.4 Å². The maximum atomic E-state index is 11.8. The summed E-state index contributed by atoms with van der Waals surface area (Å²) >= 11 is 3.32. The third-order valence-electron chi connectivity index (χ3n) is 2.77. The summed E-state index contributed by atoms with van der Waals surface area (Å²) < 4.78 is 0.806. The molecule has 2 amide bonds. The summed E-state index contributed by atoms with van der Waals surface area (Å²) in [6.07, 6.45) is -0.525. The lowest BCUT2D eigenvalue weighted by Crippen LogP contribution is -2.43. The first-order chi connectivity index (χ1) is 9.81. The molecule has 0 spiro atoms. The number of halogens is 1. The molecule has 0 aromatic heterocycles. The molecule has 114 valence electrons. The van der Waals surface area contributed by atoms with Gasteiger partial charge in [-0.2, -0.15) is 0 Å². The highest BCUT2D eigenvalue weighted by Crippen LogP contribution is 2.23. The number of hydrogen-bond donors (Lipinski definition) is 4. The molecule has 0 saturated heterocycles. The third kappa shape index (κ3) is 5.42. The maximum absolute atomic E-state index is 11.8. The molecule has 8 heteroatoms. The van der Waals surface area contributed by atoms with Crippen molar-refractivity contribution in [3.8, 4) is 0 Å². The van der Waals surface area contributed by atoms with E-state index in [4.69, 9.17) is 10.2 Å². The summed E-state index contributed by atoms with van der Waals surface area (Å²) in [6, 6.07) is 3.26. The average molecular weight is 359 g/mol. The summed E-state index contributed by atoms with van der Waals surface area (Å²) in [7, 11) is 0. The normalized spacial score (nSPS) is 11.5. The predicted octanol–water partition coefficient (Wildman–Crippen LogP) is 2.20. The molecule has 4 N–H and O–H groups in total. The monoisotopic (exact) mass is 358 g/mol. The first-order valence-corrected chi connectivity index (χ1v) is 6.87. The number of aliphatic carboxylic acids is 2. The van der Waals surface area contributed by atoms with Crippen molar-refractivity contribution in [3.63, 3.8) is 0 Å². The largest absolute Gasteiger partial charge is 0.481 e. The molecular formula is C13H15BrN2O5. The maximum Gasteiger partial charge on any atom is 0.326 e. The number of rotatable bonds is 6. The average Bonchev–Trinajstić information content (AvgIpc) is 2.39. The number of amides is 2. The van der Waals surface area contributed by atoms with Crippen molar-refractivity contribution in [1.29, 1.82) is 0 Å². The third-order valence-corrected chi connectivity index (χ3v) is 3.63. The van der Waals surface area contributed by atoms with E-state index in [1.807, 2.05) is 6.07 Å². The van der Waals surface area contributed by atoms with Gasteiger partial charge in [-0.3, -0.25) is 4.79 Å². The molecule has 0 heterocycles. The van der Waals surface area contributed by atoms with Crippen molar-refractivity contribution in [2.24, 2.45) is 0 Å². The van der Waals surface area contributed by atoms with Crippen LogP contribution in [-0.2, 0) is 9.59 Å². The van der Waals surface area contributed by atoms with Crippen LogP contribution < -0.4 is 10.6 Å². The molecule has 0 aliphatic heterocycles. The molecule has 0 aliphatic carbocycles. The van der Waals surface area contributed by atoms with Crippen LogP contribution in [0.5, 0.6) is 0 Å². The fourth-order valence-electron chi connectivity index (χ4n) is 1.58. The molecule has 0 fully saturated rings. The highest BCUT2D eigenvalue weighted by Gasteiger charge is 2.21. The number of nitrogens with one attached hydrogen (secondary N) is 2. The zero-order valence-corrected chi connectivity index (χ0v) is 12.8. The molecule has 1 rings (SSSR count). The number of hydrogen-bond acceptors (Lipinski definition) is 3. The van der Waals surface area contributed by atoms with Gasteiger partial charge in [-0.05, 0) is 31.0 Å². The van der Waals surface area contributed by atoms with Gasteiger partial charge in [-0.25, -0.2) is 9.59 Å². The Bertz CT molecular complexity index is 561. The molecule has 0 saturated carbocycles. The minimum absolute atomic E-state index is 0.185. The summed E-state index contributed by atoms with van der Waals surface area (Å²) in [5.74, 6) is -2.40. The van der Waals surface area contributed by atoms with Crippen LogP contribution in [0.3, 0.4) is 0 Å². The zero-order valence-electron chi connectivity index (χ0n) is 11.2. The summed E-state index contributed by atoms with van der Waals surface area (Å²) in [5.41, 5.74) is 1.33. The van der Waals surface area contributed by atoms with Crippen molar-refractivity contribution in [2.75, 3.05) is 5.32 Å². The molecule has 1 aromatic rings. The number of urea groups is 1. The first-order valence-electron chi connectivity index (χ1n) is 6.08. The molecule has 1 aromatic carbocycles. The number of carboxylic acids is 2. The van der Waals surface area contributed by atoms with Crippen molar-refractivity contribution < 1.29 is 24.6 Å². The fourth-order valence-corrected chi connectivity index (χ4v) is 1.95. The first kappa shape index (κ1) is 17.0. The van der Waals surface area contributed by atoms with Gasteiger partial charge in [0.2, 0.25) is 0 Å². The Morgan fingerprint density at radius 3 is 2.52 bits per heavy atom. The Balaban J connectivity index is 2.67. The Hall–Kier alpha value is -2.09. The second-order valence-corrected chi connectivity index (χ2v) is 5.19. The SMILES string of the molecule is Cc1c(Br)cccc1NC(=O)N[C@@H](CCC(=O)O)C(=O)O. The van der Waals surface area contributed by atoms with Crippen molar-refractivity contribution in [1.82, 2.24) is 5.32 Å². The Kier molecular flexibility index (Phi) is 6.16. The van der Waals surface area contributed by atoms with Gasteiger partial charge >= 0.3 is 18.0 Å². The van der Waals surface area contributed by atoms with E-state index in [-0.39, 0.29) is 12.8 Å². The van der Waals surface area contributed by atoms with Crippen LogP contribution in [0.15, 0.2) is 22.7 Å². The molecule has 0 unspecified atom stereocenters. The molecule has 7 nitrogen and oxygen atoms in total. The van der Waals surface area contributed by atoms with E-state index >= 15 is 0 Å². The van der Waals surface area contributed by atoms with E-state index in [0.717, 1.165) is 10.0 Å². The molecule has 0 radical (unpaired) electrons. The Morgan fingerprint density at radius 1 is 1.29 bits per heavy atom. The van der Waals surface area contributed by atoms with Crippen LogP contribution in [0.2, 0.25) is 0 Å². The molecular weight excluding hydrogens is 344 g/mol. The quantitative estimate of drug-likeness (QED) is 0.622. The van der Waals surface area contributed by atoms with Gasteiger partial charge in [0.1, 0.15) is 6.04 Å². The van der Waals surface area contributed by atoms with Gasteiger partial charge in [0.25, 0.3) is 0 Å². The van der Waals surface area contributed by atoms with Crippen LogP contribution in [0.1, 0.15) is 18.4 Å². The van der Waals surface area contributed by atoms with E-state index in [1.54, 1.807) is 19.1 Å².